The number of aliphatic hydroxyl groups is 1. The number of aromatic nitrogens is 3. The van der Waals surface area contributed by atoms with Gasteiger partial charge < -0.3 is 24.4 Å². The van der Waals surface area contributed by atoms with Crippen LogP contribution in [-0.2, 0) is 15.0 Å². The maximum Gasteiger partial charge on any atom is 0.251 e. The number of fused-ring (bicyclic) bond motifs is 3. The summed E-state index contributed by atoms with van der Waals surface area (Å²) in [6.07, 6.45) is 7.68. The number of hydrogen-bond acceptors (Lipinski definition) is 6. The average Bonchev–Trinajstić information content (AvgIpc) is 3.52. The largest absolute Gasteiger partial charge is 0.384 e. The van der Waals surface area contributed by atoms with Gasteiger partial charge >= 0.3 is 0 Å². The average molecular weight is 605 g/mol. The van der Waals surface area contributed by atoms with Crippen LogP contribution in [0.5, 0.6) is 0 Å². The Hall–Kier alpha value is -3.01. The van der Waals surface area contributed by atoms with Gasteiger partial charge in [0.05, 0.1) is 23.0 Å². The first kappa shape index (κ1) is 28.7. The van der Waals surface area contributed by atoms with Gasteiger partial charge in [0.15, 0.2) is 5.15 Å². The first-order valence-corrected chi connectivity index (χ1v) is 16.3. The summed E-state index contributed by atoms with van der Waals surface area (Å²) in [5.74, 6) is -0.114. The summed E-state index contributed by atoms with van der Waals surface area (Å²) >= 11 is 6.73. The van der Waals surface area contributed by atoms with Crippen LogP contribution in [0.25, 0.3) is 22.3 Å². The van der Waals surface area contributed by atoms with E-state index in [-0.39, 0.29) is 23.9 Å². The lowest BCUT2D eigenvalue weighted by Crippen LogP contribution is -2.58. The fraction of sp³-hybridized carbons (Fsp3) is 0.576. The number of aliphatic hydroxyl groups excluding tert-OH is 1. The number of anilines is 1. The van der Waals surface area contributed by atoms with Gasteiger partial charge in [0.2, 0.25) is 5.91 Å². The summed E-state index contributed by atoms with van der Waals surface area (Å²) in [5, 5.41) is 10.3. The number of imidazole rings is 1. The summed E-state index contributed by atoms with van der Waals surface area (Å²) in [6, 6.07) is 9.15. The number of benzene rings is 1. The predicted molar refractivity (Wildman–Crippen MR) is 167 cm³/mol. The van der Waals surface area contributed by atoms with E-state index < -0.39 is 11.5 Å². The third kappa shape index (κ3) is 4.66. The summed E-state index contributed by atoms with van der Waals surface area (Å²) in [6.45, 7) is 8.92. The Labute approximate surface area is 257 Å². The van der Waals surface area contributed by atoms with Gasteiger partial charge in [0, 0.05) is 42.5 Å². The number of likely N-dealkylation sites (tertiary alicyclic amines) is 2. The highest BCUT2D eigenvalue weighted by Gasteiger charge is 2.56. The van der Waals surface area contributed by atoms with E-state index in [4.69, 9.17) is 16.6 Å². The smallest absolute Gasteiger partial charge is 0.251 e. The predicted octanol–water partition coefficient (Wildman–Crippen LogP) is 4.94. The Morgan fingerprint density at radius 2 is 1.74 bits per heavy atom. The normalized spacial score (nSPS) is 24.6. The van der Waals surface area contributed by atoms with Gasteiger partial charge in [-0.2, -0.15) is 0 Å². The van der Waals surface area contributed by atoms with Crippen molar-refractivity contribution >= 4 is 40.1 Å². The van der Waals surface area contributed by atoms with E-state index in [1.165, 1.54) is 26.2 Å². The van der Waals surface area contributed by atoms with E-state index >= 15 is 0 Å². The monoisotopic (exact) mass is 604 g/mol. The van der Waals surface area contributed by atoms with Crippen molar-refractivity contribution < 1.29 is 14.7 Å². The zero-order valence-corrected chi connectivity index (χ0v) is 26.1. The highest BCUT2D eigenvalue weighted by molar-refractivity contribution is 6.34. The van der Waals surface area contributed by atoms with Crippen molar-refractivity contribution in [3.05, 3.63) is 41.3 Å². The van der Waals surface area contributed by atoms with Crippen LogP contribution in [-0.4, -0.2) is 85.6 Å². The molecule has 1 N–H and O–H groups in total. The van der Waals surface area contributed by atoms with E-state index in [1.807, 2.05) is 23.0 Å². The minimum Gasteiger partial charge on any atom is -0.384 e. The standard InChI is InChI=1S/C33H41ClN6O3/c1-20(2)39-19-35-27-18-26(36-30(34)29(27)39)22-7-8-25-28(15-22)40(24-16-23(17-24)37-11-5-4-6-12-37)32(43)33(25)9-13-38(14-10-33)31(42)21(3)41/h7-8,15,18-21,23-24,41H,4-6,9-14,16-17H2,1-3H3/t21-,23?,24?/m1/s1. The first-order chi connectivity index (χ1) is 20.7. The topological polar surface area (TPSA) is 94.8 Å². The Morgan fingerprint density at radius 1 is 1.02 bits per heavy atom. The Bertz CT molecular complexity index is 1560. The summed E-state index contributed by atoms with van der Waals surface area (Å²) < 4.78 is 2.03. The lowest BCUT2D eigenvalue weighted by molar-refractivity contribution is -0.142. The molecule has 3 aromatic rings. The zero-order chi connectivity index (χ0) is 30.0. The third-order valence-corrected chi connectivity index (χ3v) is 10.7. The first-order valence-electron chi connectivity index (χ1n) is 15.9. The molecular weight excluding hydrogens is 564 g/mol. The van der Waals surface area contributed by atoms with Crippen molar-refractivity contribution in [2.45, 2.75) is 95.4 Å². The van der Waals surface area contributed by atoms with Gasteiger partial charge in [-0.1, -0.05) is 30.2 Å². The van der Waals surface area contributed by atoms with Gasteiger partial charge in [0.25, 0.3) is 5.91 Å². The SMILES string of the molecule is CC(C)n1cnc2cc(-c3ccc4c(c3)N(C3CC(N5CCCCC5)C3)C(=O)C43CCN(C(=O)[C@@H](C)O)CC3)nc(Cl)c21. The number of amides is 2. The van der Waals surface area contributed by atoms with E-state index in [0.29, 0.717) is 37.1 Å². The lowest BCUT2D eigenvalue weighted by atomic mass is 9.73. The van der Waals surface area contributed by atoms with Crippen molar-refractivity contribution in [1.82, 2.24) is 24.3 Å². The molecule has 1 aliphatic carbocycles. The van der Waals surface area contributed by atoms with Crippen LogP contribution >= 0.6 is 11.6 Å². The van der Waals surface area contributed by atoms with Gasteiger partial charge in [-0.15, -0.1) is 0 Å². The minimum absolute atomic E-state index is 0.156. The van der Waals surface area contributed by atoms with Crippen LogP contribution < -0.4 is 4.90 Å². The molecule has 0 unspecified atom stereocenters. The second-order valence-electron chi connectivity index (χ2n) is 13.3. The molecule has 4 aliphatic rings. The van der Waals surface area contributed by atoms with E-state index in [1.54, 1.807) is 4.90 Å². The summed E-state index contributed by atoms with van der Waals surface area (Å²) in [4.78, 5) is 42.9. The van der Waals surface area contributed by atoms with E-state index in [0.717, 1.165) is 59.5 Å². The molecule has 0 bridgehead atoms. The fourth-order valence-electron chi connectivity index (χ4n) is 7.87. The highest BCUT2D eigenvalue weighted by Crippen LogP contribution is 2.52. The molecular formula is C33H41ClN6O3. The molecule has 228 valence electrons. The van der Waals surface area contributed by atoms with Gasteiger partial charge in [-0.05, 0) is 90.1 Å². The van der Waals surface area contributed by atoms with Crippen molar-refractivity contribution in [2.75, 3.05) is 31.1 Å². The summed E-state index contributed by atoms with van der Waals surface area (Å²) in [7, 11) is 0. The molecule has 1 saturated carbocycles. The Balaban J connectivity index is 1.24. The second kappa shape index (κ2) is 10.9. The highest BCUT2D eigenvalue weighted by atomic mass is 35.5. The van der Waals surface area contributed by atoms with Crippen LogP contribution in [0.4, 0.5) is 5.69 Å². The van der Waals surface area contributed by atoms with Gasteiger partial charge in [-0.3, -0.25) is 9.59 Å². The van der Waals surface area contributed by atoms with Gasteiger partial charge in [-0.25, -0.2) is 9.97 Å². The maximum absolute atomic E-state index is 14.5. The molecule has 1 aromatic carbocycles. The molecule has 2 saturated heterocycles. The number of hydrogen-bond donors (Lipinski definition) is 1. The maximum atomic E-state index is 14.5. The lowest BCUT2D eigenvalue weighted by Gasteiger charge is -2.48. The molecule has 2 amide bonds. The molecule has 43 heavy (non-hydrogen) atoms. The molecule has 5 heterocycles. The number of carbonyl (C=O) groups excluding carboxylic acids is 2. The van der Waals surface area contributed by atoms with Crippen LogP contribution in [0.1, 0.15) is 77.3 Å². The van der Waals surface area contributed by atoms with Crippen LogP contribution in [0.2, 0.25) is 5.15 Å². The zero-order valence-electron chi connectivity index (χ0n) is 25.3. The van der Waals surface area contributed by atoms with Crippen LogP contribution in [0.15, 0.2) is 30.6 Å². The van der Waals surface area contributed by atoms with Gasteiger partial charge in [0.1, 0.15) is 11.6 Å². The van der Waals surface area contributed by atoms with Crippen molar-refractivity contribution in [3.8, 4) is 11.3 Å². The molecule has 3 fully saturated rings. The second-order valence-corrected chi connectivity index (χ2v) is 13.6. The molecule has 10 heteroatoms. The van der Waals surface area contributed by atoms with Crippen molar-refractivity contribution in [2.24, 2.45) is 0 Å². The Morgan fingerprint density at radius 3 is 2.42 bits per heavy atom. The molecule has 3 aliphatic heterocycles. The van der Waals surface area contributed by atoms with E-state index in [9.17, 15) is 14.7 Å². The quantitative estimate of drug-likeness (QED) is 0.415. The van der Waals surface area contributed by atoms with Crippen LogP contribution in [0, 0.1) is 0 Å². The minimum atomic E-state index is -1.04. The fourth-order valence-corrected chi connectivity index (χ4v) is 8.16. The number of nitrogens with zero attached hydrogens (tertiary/aromatic N) is 6. The number of carbonyl (C=O) groups is 2. The number of pyridine rings is 1. The summed E-state index contributed by atoms with van der Waals surface area (Å²) in [5.41, 5.74) is 4.62. The molecule has 1 spiro atoms. The molecule has 0 radical (unpaired) electrons. The molecule has 1 atom stereocenters. The van der Waals surface area contributed by atoms with Crippen molar-refractivity contribution in [3.63, 3.8) is 0 Å². The Kier molecular flexibility index (Phi) is 7.26. The van der Waals surface area contributed by atoms with Crippen LogP contribution in [0.3, 0.4) is 0 Å². The molecule has 9 nitrogen and oxygen atoms in total. The molecule has 7 rings (SSSR count). The molecule has 2 aromatic heterocycles. The van der Waals surface area contributed by atoms with E-state index in [2.05, 4.69) is 40.8 Å². The number of piperidine rings is 2. The number of rotatable bonds is 5. The van der Waals surface area contributed by atoms with Crippen molar-refractivity contribution in [1.29, 1.82) is 0 Å². The third-order valence-electron chi connectivity index (χ3n) is 10.4. The number of halogens is 1.